The second-order valence-electron chi connectivity index (χ2n) is 19.4. The van der Waals surface area contributed by atoms with Crippen molar-refractivity contribution in [2.24, 2.45) is 0 Å². The molecule has 66 heavy (non-hydrogen) atoms. The Morgan fingerprint density at radius 1 is 0.576 bits per heavy atom. The highest BCUT2D eigenvalue weighted by Gasteiger charge is 2.37. The Hall–Kier alpha value is -4.96. The average molecular weight is 895 g/mol. The van der Waals surface area contributed by atoms with Gasteiger partial charge < -0.3 is 29.8 Å². The van der Waals surface area contributed by atoms with E-state index in [0.29, 0.717) is 24.5 Å². The fourth-order valence-electron chi connectivity index (χ4n) is 11.5. The number of likely N-dealkylation sites (N-methyl/N-ethyl adjacent to an activating group) is 2. The molecule has 0 bridgehead atoms. The number of fused-ring (bicyclic) bond motifs is 4. The molecule has 2 fully saturated rings. The first-order valence-corrected chi connectivity index (χ1v) is 24.9. The standard InChI is InChI=1S/C52H70N12O2/c1-5-25-61(41-17-7-13-37-15-11-23-53-47(37)41)35-39-49(63-43(55-39)19-9-21-45(63)59-31-27-57(3)28-32-59)51(65)52(66)50-40(36-62(26-6-2)42-18-8-14-38-16-12-24-54-48(38)42)56-44-20-10-22-46(64(44)50)60-33-29-58(4)30-34-60/h9-12,15-16,19-24,41-42,51-52,65-66H,5-8,13-14,17-18,25-36H2,1-4H3/t41-,42-,51?,52?/m0/s1. The van der Waals surface area contributed by atoms with Gasteiger partial charge in [-0.2, -0.15) is 0 Å². The minimum absolute atomic E-state index is 0.132. The van der Waals surface area contributed by atoms with Crippen LogP contribution < -0.4 is 9.80 Å². The molecule has 8 heterocycles. The lowest BCUT2D eigenvalue weighted by Gasteiger charge is -2.36. The van der Waals surface area contributed by atoms with Gasteiger partial charge in [-0.25, -0.2) is 9.97 Å². The van der Waals surface area contributed by atoms with E-state index in [1.165, 1.54) is 11.1 Å². The van der Waals surface area contributed by atoms with E-state index < -0.39 is 12.2 Å². The van der Waals surface area contributed by atoms with Crippen LogP contribution in [0, 0.1) is 0 Å². The lowest BCUT2D eigenvalue weighted by atomic mass is 9.90. The van der Waals surface area contributed by atoms with Crippen molar-refractivity contribution < 1.29 is 10.2 Å². The maximum absolute atomic E-state index is 13.4. The van der Waals surface area contributed by atoms with E-state index in [1.54, 1.807) is 0 Å². The van der Waals surface area contributed by atoms with Crippen molar-refractivity contribution in [3.05, 3.63) is 118 Å². The van der Waals surface area contributed by atoms with Gasteiger partial charge in [-0.05, 0) is 126 Å². The third kappa shape index (κ3) is 8.72. The third-order valence-electron chi connectivity index (χ3n) is 14.9. The molecule has 6 aromatic heterocycles. The summed E-state index contributed by atoms with van der Waals surface area (Å²) in [6, 6.07) is 21.4. The number of aliphatic hydroxyl groups excluding tert-OH is 2. The zero-order chi connectivity index (χ0) is 45.3. The molecule has 4 aliphatic rings. The van der Waals surface area contributed by atoms with Gasteiger partial charge in [-0.1, -0.05) is 38.1 Å². The molecule has 0 amide bonds. The molecule has 2 N–H and O–H groups in total. The molecule has 2 aliphatic heterocycles. The molecule has 10 rings (SSSR count). The monoisotopic (exact) mass is 895 g/mol. The number of piperazine rings is 2. The van der Waals surface area contributed by atoms with Crippen molar-refractivity contribution in [2.45, 2.75) is 103 Å². The molecule has 2 aliphatic carbocycles. The number of imidazole rings is 2. The van der Waals surface area contributed by atoms with Gasteiger partial charge in [0.1, 0.15) is 35.1 Å². The molecule has 0 aromatic carbocycles. The molecule has 0 spiro atoms. The van der Waals surface area contributed by atoms with Gasteiger partial charge in [-0.3, -0.25) is 28.6 Å². The van der Waals surface area contributed by atoms with Crippen LogP contribution in [0.1, 0.15) is 122 Å². The fourth-order valence-corrected chi connectivity index (χ4v) is 11.5. The maximum Gasteiger partial charge on any atom is 0.138 e. The number of hydrogen-bond donors (Lipinski definition) is 2. The van der Waals surface area contributed by atoms with Crippen LogP contribution >= 0.6 is 0 Å². The van der Waals surface area contributed by atoms with Gasteiger partial charge >= 0.3 is 0 Å². The first-order chi connectivity index (χ1) is 32.3. The highest BCUT2D eigenvalue weighted by molar-refractivity contribution is 5.58. The highest BCUT2D eigenvalue weighted by atomic mass is 16.3. The largest absolute Gasteiger partial charge is 0.384 e. The lowest BCUT2D eigenvalue weighted by molar-refractivity contribution is 0.00864. The molecule has 2 saturated heterocycles. The van der Waals surface area contributed by atoms with Gasteiger partial charge in [0, 0.05) is 77.8 Å². The van der Waals surface area contributed by atoms with E-state index in [-0.39, 0.29) is 12.1 Å². The van der Waals surface area contributed by atoms with Crippen molar-refractivity contribution in [1.29, 1.82) is 0 Å². The summed E-state index contributed by atoms with van der Waals surface area (Å²) in [4.78, 5) is 35.4. The van der Waals surface area contributed by atoms with Crippen molar-refractivity contribution in [3.63, 3.8) is 0 Å². The molecule has 14 heteroatoms. The number of aliphatic hydroxyl groups is 2. The lowest BCUT2D eigenvalue weighted by Crippen LogP contribution is -2.45. The maximum atomic E-state index is 13.4. The quantitative estimate of drug-likeness (QED) is 0.115. The van der Waals surface area contributed by atoms with Gasteiger partial charge in [-0.15, -0.1) is 0 Å². The van der Waals surface area contributed by atoms with Crippen molar-refractivity contribution in [2.75, 3.05) is 89.3 Å². The molecule has 6 aromatic rings. The number of aromatic nitrogens is 6. The number of anilines is 2. The molecule has 4 atom stereocenters. The van der Waals surface area contributed by atoms with Gasteiger partial charge in [0.05, 0.1) is 46.2 Å². The predicted molar refractivity (Wildman–Crippen MR) is 261 cm³/mol. The Kier molecular flexibility index (Phi) is 13.4. The number of hydrogen-bond acceptors (Lipinski definition) is 12. The van der Waals surface area contributed by atoms with E-state index >= 15 is 0 Å². The van der Waals surface area contributed by atoms with Crippen LogP contribution in [0.2, 0.25) is 0 Å². The minimum Gasteiger partial charge on any atom is -0.384 e. The zero-order valence-electron chi connectivity index (χ0n) is 39.6. The van der Waals surface area contributed by atoms with Crippen molar-refractivity contribution >= 4 is 22.9 Å². The topological polar surface area (TPSA) is 120 Å². The van der Waals surface area contributed by atoms with E-state index in [1.807, 2.05) is 12.4 Å². The smallest absolute Gasteiger partial charge is 0.138 e. The molecule has 350 valence electrons. The summed E-state index contributed by atoms with van der Waals surface area (Å²) in [7, 11) is 4.35. The summed E-state index contributed by atoms with van der Waals surface area (Å²) in [5.41, 5.74) is 9.33. The highest BCUT2D eigenvalue weighted by Crippen LogP contribution is 2.41. The first kappa shape index (κ1) is 44.9. The van der Waals surface area contributed by atoms with Crippen molar-refractivity contribution in [3.8, 4) is 0 Å². The summed E-state index contributed by atoms with van der Waals surface area (Å²) in [6.07, 6.45) is 9.42. The minimum atomic E-state index is -1.33. The molecule has 0 saturated carbocycles. The molecule has 2 unspecified atom stereocenters. The van der Waals surface area contributed by atoms with Crippen LogP contribution in [0.3, 0.4) is 0 Å². The first-order valence-electron chi connectivity index (χ1n) is 24.9. The molecule has 14 nitrogen and oxygen atoms in total. The summed E-state index contributed by atoms with van der Waals surface area (Å²) in [5, 5.41) is 26.8. The predicted octanol–water partition coefficient (Wildman–Crippen LogP) is 6.62. The Morgan fingerprint density at radius 2 is 1.00 bits per heavy atom. The van der Waals surface area contributed by atoms with Gasteiger partial charge in [0.2, 0.25) is 0 Å². The van der Waals surface area contributed by atoms with Crippen molar-refractivity contribution in [1.82, 2.24) is 48.3 Å². The van der Waals surface area contributed by atoms with Crippen LogP contribution in [-0.4, -0.2) is 138 Å². The second-order valence-corrected chi connectivity index (χ2v) is 19.4. The van der Waals surface area contributed by atoms with Gasteiger partial charge in [0.15, 0.2) is 0 Å². The van der Waals surface area contributed by atoms with Crippen LogP contribution in [0.4, 0.5) is 11.6 Å². The number of pyridine rings is 4. The van der Waals surface area contributed by atoms with E-state index in [4.69, 9.17) is 19.9 Å². The number of rotatable bonds is 15. The van der Waals surface area contributed by atoms with Crippen LogP contribution in [-0.2, 0) is 25.9 Å². The summed E-state index contributed by atoms with van der Waals surface area (Å²) in [6.45, 7) is 14.4. The Bertz CT molecular complexity index is 2420. The van der Waals surface area contributed by atoms with Crippen LogP contribution in [0.15, 0.2) is 73.1 Å². The Morgan fingerprint density at radius 3 is 1.41 bits per heavy atom. The third-order valence-corrected chi connectivity index (χ3v) is 14.9. The second kappa shape index (κ2) is 19.7. The van der Waals surface area contributed by atoms with Crippen LogP contribution in [0.5, 0.6) is 0 Å². The molecule has 0 radical (unpaired) electrons. The summed E-state index contributed by atoms with van der Waals surface area (Å²) >= 11 is 0. The number of nitrogens with zero attached hydrogens (tertiary/aromatic N) is 12. The fraction of sp³-hybridized carbons (Fsp3) is 0.538. The Labute approximate surface area is 390 Å². The van der Waals surface area contributed by atoms with Crippen LogP contribution in [0.25, 0.3) is 11.3 Å². The van der Waals surface area contributed by atoms with E-state index in [2.05, 4.69) is 127 Å². The van der Waals surface area contributed by atoms with E-state index in [0.717, 1.165) is 163 Å². The zero-order valence-corrected chi connectivity index (χ0v) is 39.6. The van der Waals surface area contributed by atoms with E-state index in [9.17, 15) is 10.2 Å². The average Bonchev–Trinajstić information content (AvgIpc) is 3.91. The number of aryl methyl sites for hydroxylation is 2. The SMILES string of the molecule is CCCN(Cc1nc2cccc(N3CCN(C)CC3)n2c1C(O)C(O)c1c(CN(CCC)[C@H]2CCCc3cccnc32)nc2cccc(N3CCN(C)CC3)n12)[C@H]1CCCc2cccnc21. The van der Waals surface area contributed by atoms with Gasteiger partial charge in [0.25, 0.3) is 0 Å². The summed E-state index contributed by atoms with van der Waals surface area (Å²) in [5.74, 6) is 1.97. The molecular weight excluding hydrogens is 825 g/mol. The summed E-state index contributed by atoms with van der Waals surface area (Å²) < 4.78 is 4.31. The normalized spacial score (nSPS) is 20.7. The Balaban J connectivity index is 1.12. The molecular formula is C52H70N12O2.